The number of nitrogens with zero attached hydrogens (tertiary/aromatic N) is 1. The van der Waals surface area contributed by atoms with Crippen LogP contribution in [0.25, 0.3) is 0 Å². The molecule has 0 spiro atoms. The van der Waals surface area contributed by atoms with Gasteiger partial charge in [-0.25, -0.2) is 12.7 Å². The summed E-state index contributed by atoms with van der Waals surface area (Å²) in [6.45, 7) is 3.38. The highest BCUT2D eigenvalue weighted by Gasteiger charge is 2.29. The zero-order chi connectivity index (χ0) is 16.2. The largest absolute Gasteiger partial charge is 0.269 e. The first kappa shape index (κ1) is 16.3. The summed E-state index contributed by atoms with van der Waals surface area (Å²) >= 11 is 5.99. The quantitative estimate of drug-likeness (QED) is 0.787. The van der Waals surface area contributed by atoms with Gasteiger partial charge in [-0.1, -0.05) is 48.0 Å². The lowest BCUT2D eigenvalue weighted by Crippen LogP contribution is -2.37. The molecule has 0 aliphatic carbocycles. The lowest BCUT2D eigenvalue weighted by molar-refractivity contribution is 0.0871. The molecular formula is C16H14ClNO3S. The van der Waals surface area contributed by atoms with Crippen LogP contribution in [0.2, 0.25) is 5.02 Å². The molecule has 2 aromatic rings. The normalized spacial score (nSPS) is 11.0. The maximum absolute atomic E-state index is 12.7. The van der Waals surface area contributed by atoms with Gasteiger partial charge in [0.1, 0.15) is 0 Å². The number of carbonyl (C=O) groups is 1. The minimum atomic E-state index is -3.97. The Balaban J connectivity index is 2.49. The van der Waals surface area contributed by atoms with E-state index in [9.17, 15) is 13.2 Å². The zero-order valence-corrected chi connectivity index (χ0v) is 13.2. The van der Waals surface area contributed by atoms with Gasteiger partial charge in [-0.3, -0.25) is 4.79 Å². The minimum absolute atomic E-state index is 0.0391. The van der Waals surface area contributed by atoms with Crippen molar-refractivity contribution in [3.63, 3.8) is 0 Å². The SMILES string of the molecule is C=CCN(C(=O)c1ccccc1Cl)S(=O)(=O)c1ccccc1. The highest BCUT2D eigenvalue weighted by atomic mass is 35.5. The molecule has 4 nitrogen and oxygen atoms in total. The summed E-state index contributed by atoms with van der Waals surface area (Å²) in [5, 5.41) is 0.199. The second kappa shape index (κ2) is 6.77. The van der Waals surface area contributed by atoms with Crippen LogP contribution in [0.15, 0.2) is 72.1 Å². The fourth-order valence-electron chi connectivity index (χ4n) is 1.90. The molecule has 1 amide bonds. The van der Waals surface area contributed by atoms with Crippen LogP contribution in [0.1, 0.15) is 10.4 Å². The Morgan fingerprint density at radius 1 is 1.09 bits per heavy atom. The highest BCUT2D eigenvalue weighted by Crippen LogP contribution is 2.22. The Labute approximate surface area is 134 Å². The van der Waals surface area contributed by atoms with Crippen LogP contribution in [-0.2, 0) is 10.0 Å². The van der Waals surface area contributed by atoms with Gasteiger partial charge in [0.15, 0.2) is 0 Å². The molecule has 0 saturated carbocycles. The predicted octanol–water partition coefficient (Wildman–Crippen LogP) is 3.36. The number of sulfonamides is 1. The molecule has 2 rings (SSSR count). The van der Waals surface area contributed by atoms with E-state index in [1.54, 1.807) is 30.3 Å². The van der Waals surface area contributed by atoms with E-state index in [0.717, 1.165) is 4.31 Å². The van der Waals surface area contributed by atoms with Crippen LogP contribution in [0.5, 0.6) is 0 Å². The van der Waals surface area contributed by atoms with Crippen LogP contribution < -0.4 is 0 Å². The first-order valence-electron chi connectivity index (χ1n) is 6.46. The molecule has 114 valence electrons. The van der Waals surface area contributed by atoms with Crippen molar-refractivity contribution in [1.29, 1.82) is 0 Å². The van der Waals surface area contributed by atoms with E-state index < -0.39 is 15.9 Å². The molecule has 0 heterocycles. The van der Waals surface area contributed by atoms with Crippen molar-refractivity contribution in [2.24, 2.45) is 0 Å². The van der Waals surface area contributed by atoms with E-state index in [4.69, 9.17) is 11.6 Å². The van der Waals surface area contributed by atoms with Gasteiger partial charge in [-0.05, 0) is 24.3 Å². The van der Waals surface area contributed by atoms with Crippen LogP contribution in [0, 0.1) is 0 Å². The first-order valence-corrected chi connectivity index (χ1v) is 8.28. The van der Waals surface area contributed by atoms with Gasteiger partial charge in [0.05, 0.1) is 22.0 Å². The first-order chi connectivity index (χ1) is 10.5. The van der Waals surface area contributed by atoms with Crippen LogP contribution in [0.4, 0.5) is 0 Å². The Morgan fingerprint density at radius 3 is 2.27 bits per heavy atom. The number of rotatable bonds is 5. The predicted molar refractivity (Wildman–Crippen MR) is 86.3 cm³/mol. The molecular weight excluding hydrogens is 322 g/mol. The molecule has 6 heteroatoms. The molecule has 0 aliphatic heterocycles. The summed E-state index contributed by atoms with van der Waals surface area (Å²) in [6.07, 6.45) is 1.36. The average molecular weight is 336 g/mol. The molecule has 2 aromatic carbocycles. The number of amides is 1. The molecule has 0 unspecified atom stereocenters. The van der Waals surface area contributed by atoms with E-state index in [-0.39, 0.29) is 22.0 Å². The minimum Gasteiger partial charge on any atom is -0.268 e. The fraction of sp³-hybridized carbons (Fsp3) is 0.0625. The van der Waals surface area contributed by atoms with E-state index in [1.807, 2.05) is 0 Å². The van der Waals surface area contributed by atoms with Gasteiger partial charge in [0.2, 0.25) is 0 Å². The van der Waals surface area contributed by atoms with Gasteiger partial charge < -0.3 is 0 Å². The fourth-order valence-corrected chi connectivity index (χ4v) is 3.49. The second-order valence-corrected chi connectivity index (χ2v) is 6.69. The Hall–Kier alpha value is -2.11. The van der Waals surface area contributed by atoms with Crippen LogP contribution in [-0.4, -0.2) is 25.2 Å². The van der Waals surface area contributed by atoms with Gasteiger partial charge in [0.25, 0.3) is 15.9 Å². The molecule has 0 N–H and O–H groups in total. The highest BCUT2D eigenvalue weighted by molar-refractivity contribution is 7.89. The number of carbonyl (C=O) groups excluding carboxylic acids is 1. The average Bonchev–Trinajstić information content (AvgIpc) is 2.53. The van der Waals surface area contributed by atoms with Crippen molar-refractivity contribution in [3.05, 3.63) is 77.8 Å². The summed E-state index contributed by atoms with van der Waals surface area (Å²) < 4.78 is 26.1. The molecule has 0 fully saturated rings. The molecule has 0 atom stereocenters. The van der Waals surface area contributed by atoms with Crippen LogP contribution >= 0.6 is 11.6 Å². The third-order valence-electron chi connectivity index (χ3n) is 2.96. The van der Waals surface area contributed by atoms with Gasteiger partial charge in [0, 0.05) is 0 Å². The van der Waals surface area contributed by atoms with Gasteiger partial charge >= 0.3 is 0 Å². The molecule has 0 saturated heterocycles. The third-order valence-corrected chi connectivity index (χ3v) is 5.05. The summed E-state index contributed by atoms with van der Waals surface area (Å²) in [4.78, 5) is 12.6. The van der Waals surface area contributed by atoms with Crippen molar-refractivity contribution in [1.82, 2.24) is 4.31 Å². The van der Waals surface area contributed by atoms with E-state index in [1.165, 1.54) is 30.3 Å². The maximum atomic E-state index is 12.7. The van der Waals surface area contributed by atoms with Gasteiger partial charge in [-0.15, -0.1) is 6.58 Å². The Morgan fingerprint density at radius 2 is 1.68 bits per heavy atom. The molecule has 0 aliphatic rings. The summed E-state index contributed by atoms with van der Waals surface area (Å²) in [5.74, 6) is -0.686. The lowest BCUT2D eigenvalue weighted by Gasteiger charge is -2.21. The van der Waals surface area contributed by atoms with Crippen molar-refractivity contribution < 1.29 is 13.2 Å². The lowest BCUT2D eigenvalue weighted by atomic mass is 10.2. The number of halogens is 1. The molecule has 22 heavy (non-hydrogen) atoms. The van der Waals surface area contributed by atoms with Crippen molar-refractivity contribution in [2.45, 2.75) is 4.90 Å². The summed E-state index contributed by atoms with van der Waals surface area (Å²) in [5.41, 5.74) is 0.130. The number of hydrogen-bond donors (Lipinski definition) is 0. The number of benzene rings is 2. The number of hydrogen-bond acceptors (Lipinski definition) is 3. The van der Waals surface area contributed by atoms with E-state index >= 15 is 0 Å². The van der Waals surface area contributed by atoms with Crippen LogP contribution in [0.3, 0.4) is 0 Å². The Bertz CT molecular complexity index is 788. The monoisotopic (exact) mass is 335 g/mol. The molecule has 0 aromatic heterocycles. The summed E-state index contributed by atoms with van der Waals surface area (Å²) in [7, 11) is -3.97. The second-order valence-electron chi connectivity index (χ2n) is 4.42. The van der Waals surface area contributed by atoms with E-state index in [0.29, 0.717) is 0 Å². The van der Waals surface area contributed by atoms with Gasteiger partial charge in [-0.2, -0.15) is 0 Å². The third kappa shape index (κ3) is 3.21. The Kier molecular flexibility index (Phi) is 5.00. The van der Waals surface area contributed by atoms with Crippen molar-refractivity contribution >= 4 is 27.5 Å². The van der Waals surface area contributed by atoms with Crippen molar-refractivity contribution in [2.75, 3.05) is 6.54 Å². The smallest absolute Gasteiger partial charge is 0.268 e. The topological polar surface area (TPSA) is 54.5 Å². The summed E-state index contributed by atoms with van der Waals surface area (Å²) in [6, 6.07) is 14.1. The standard InChI is InChI=1S/C16H14ClNO3S/c1-2-12-18(16(19)14-10-6-7-11-15(14)17)22(20,21)13-8-4-3-5-9-13/h2-11H,1,12H2. The van der Waals surface area contributed by atoms with E-state index in [2.05, 4.69) is 6.58 Å². The molecule has 0 radical (unpaired) electrons. The molecule has 0 bridgehead atoms. The zero-order valence-electron chi connectivity index (χ0n) is 11.6. The van der Waals surface area contributed by atoms with Crippen molar-refractivity contribution in [3.8, 4) is 0 Å². The maximum Gasteiger partial charge on any atom is 0.269 e.